The third-order valence-corrected chi connectivity index (χ3v) is 3.82. The van der Waals surface area contributed by atoms with Crippen LogP contribution in [-0.4, -0.2) is 41.4 Å². The Morgan fingerprint density at radius 3 is 2.48 bits per heavy atom. The molecule has 0 amide bonds. The van der Waals surface area contributed by atoms with Crippen molar-refractivity contribution in [2.45, 2.75) is 51.1 Å². The number of hydrogen-bond acceptors (Lipinski definition) is 7. The Morgan fingerprint density at radius 2 is 2.00 bits per heavy atom. The van der Waals surface area contributed by atoms with Gasteiger partial charge in [-0.3, -0.25) is 0 Å². The molecule has 0 saturated carbocycles. The zero-order valence-corrected chi connectivity index (χ0v) is 13.2. The molecule has 7 nitrogen and oxygen atoms in total. The largest absolute Gasteiger partial charge is 0.394 e. The summed E-state index contributed by atoms with van der Waals surface area (Å²) in [5.74, 6) is 6.47. The molecule has 21 heavy (non-hydrogen) atoms. The molecule has 124 valence electrons. The molecule has 0 spiro atoms. The first-order valence-corrected chi connectivity index (χ1v) is 7.54. The van der Waals surface area contributed by atoms with Crippen molar-refractivity contribution in [2.24, 2.45) is 28.4 Å². The van der Waals surface area contributed by atoms with E-state index >= 15 is 0 Å². The smallest absolute Gasteiger partial charge is 0.101 e. The third-order valence-electron chi connectivity index (χ3n) is 3.82. The second-order valence-electron chi connectivity index (χ2n) is 5.73. The Bertz CT molecular complexity index is 310. The fourth-order valence-corrected chi connectivity index (χ4v) is 2.01. The van der Waals surface area contributed by atoms with Crippen LogP contribution in [0.2, 0.25) is 0 Å². The molecule has 0 saturated heterocycles. The molecule has 0 aliphatic heterocycles. The zero-order valence-electron chi connectivity index (χ0n) is 13.2. The molecule has 2 atom stereocenters. The minimum Gasteiger partial charge on any atom is -0.394 e. The molecule has 0 rings (SSSR count). The van der Waals surface area contributed by atoms with E-state index in [9.17, 15) is 10.0 Å². The van der Waals surface area contributed by atoms with Gasteiger partial charge in [0.15, 0.2) is 0 Å². The molecule has 0 aromatic heterocycles. The summed E-state index contributed by atoms with van der Waals surface area (Å²) in [7, 11) is 0. The van der Waals surface area contributed by atoms with E-state index in [-0.39, 0.29) is 19.2 Å². The van der Waals surface area contributed by atoms with Crippen LogP contribution in [0.1, 0.15) is 39.5 Å². The fourth-order valence-electron chi connectivity index (χ4n) is 2.01. The Hall–Kier alpha value is -1.02. The van der Waals surface area contributed by atoms with Gasteiger partial charge in [-0.25, -0.2) is 5.84 Å². The van der Waals surface area contributed by atoms with E-state index < -0.39 is 5.54 Å². The molecule has 0 aliphatic rings. The van der Waals surface area contributed by atoms with Crippen molar-refractivity contribution < 1.29 is 5.11 Å². The van der Waals surface area contributed by atoms with Crippen molar-refractivity contribution in [3.05, 3.63) is 17.2 Å². The molecule has 0 bridgehead atoms. The first-order valence-electron chi connectivity index (χ1n) is 7.54. The monoisotopic (exact) mass is 301 g/mol. The SMILES string of the molecule is CCC(CC)CN(N)C=CC(N)CCC(N)(CO)CN=O. The molecule has 0 aromatic carbocycles. The first-order chi connectivity index (χ1) is 9.90. The van der Waals surface area contributed by atoms with Crippen molar-refractivity contribution in [3.8, 4) is 0 Å². The minimum absolute atomic E-state index is 0.113. The zero-order chi connectivity index (χ0) is 16.3. The number of hydrogen-bond donors (Lipinski definition) is 4. The number of aliphatic hydroxyl groups excluding tert-OH is 1. The van der Waals surface area contributed by atoms with Gasteiger partial charge in [-0.1, -0.05) is 37.9 Å². The molecule has 0 heterocycles. The van der Waals surface area contributed by atoms with E-state index in [4.69, 9.17) is 17.3 Å². The molecule has 0 aromatic rings. The Morgan fingerprint density at radius 1 is 1.38 bits per heavy atom. The summed E-state index contributed by atoms with van der Waals surface area (Å²) in [5, 5.41) is 13.6. The van der Waals surface area contributed by atoms with Crippen LogP contribution >= 0.6 is 0 Å². The van der Waals surface area contributed by atoms with E-state index in [1.807, 2.05) is 6.08 Å². The molecule has 0 aliphatic carbocycles. The maximum Gasteiger partial charge on any atom is 0.101 e. The van der Waals surface area contributed by atoms with Gasteiger partial charge in [-0.15, -0.1) is 0 Å². The number of aliphatic hydroxyl groups is 1. The molecule has 7 N–H and O–H groups in total. The van der Waals surface area contributed by atoms with Crippen molar-refractivity contribution in [1.29, 1.82) is 0 Å². The van der Waals surface area contributed by atoms with Gasteiger partial charge in [-0.2, -0.15) is 4.91 Å². The molecule has 0 fully saturated rings. The second kappa shape index (κ2) is 10.7. The molecular formula is C14H31N5O2. The number of nitrogens with two attached hydrogens (primary N) is 3. The standard InChI is InChI=1S/C14H31N5O2/c1-3-12(4-2)9-19(17)8-6-13(15)5-7-14(16,11-20)10-18-21/h6,8,12-13,20H,3-5,7,9-11,15-17H2,1-2H3. The van der Waals surface area contributed by atoms with Crippen LogP contribution < -0.4 is 17.3 Å². The molecular weight excluding hydrogens is 270 g/mol. The predicted molar refractivity (Wildman–Crippen MR) is 86.0 cm³/mol. The highest BCUT2D eigenvalue weighted by molar-refractivity contribution is 4.94. The lowest BCUT2D eigenvalue weighted by atomic mass is 9.93. The highest BCUT2D eigenvalue weighted by Gasteiger charge is 2.24. The predicted octanol–water partition coefficient (Wildman–Crippen LogP) is 0.676. The average Bonchev–Trinajstić information content (AvgIpc) is 2.48. The van der Waals surface area contributed by atoms with Gasteiger partial charge >= 0.3 is 0 Å². The maximum absolute atomic E-state index is 10.3. The summed E-state index contributed by atoms with van der Waals surface area (Å²) in [6.45, 7) is 4.69. The number of nitrogens with zero attached hydrogens (tertiary/aromatic N) is 2. The van der Waals surface area contributed by atoms with Crippen molar-refractivity contribution in [2.75, 3.05) is 19.7 Å². The summed E-state index contributed by atoms with van der Waals surface area (Å²) in [6, 6.07) is -0.223. The fraction of sp³-hybridized carbons (Fsp3) is 0.857. The minimum atomic E-state index is -0.981. The number of hydrazine groups is 1. The number of nitroso groups, excluding NO2 is 1. The summed E-state index contributed by atoms with van der Waals surface area (Å²) in [4.78, 5) is 10.3. The average molecular weight is 301 g/mol. The van der Waals surface area contributed by atoms with Crippen molar-refractivity contribution in [1.82, 2.24) is 5.01 Å². The van der Waals surface area contributed by atoms with Crippen LogP contribution in [-0.2, 0) is 0 Å². The van der Waals surface area contributed by atoms with E-state index in [2.05, 4.69) is 19.0 Å². The van der Waals surface area contributed by atoms with E-state index in [0.29, 0.717) is 18.8 Å². The molecule has 7 heteroatoms. The van der Waals surface area contributed by atoms with Crippen LogP contribution in [0.5, 0.6) is 0 Å². The third kappa shape index (κ3) is 8.77. The summed E-state index contributed by atoms with van der Waals surface area (Å²) >= 11 is 0. The Labute approximate surface area is 127 Å². The van der Waals surface area contributed by atoms with Crippen LogP contribution in [0.4, 0.5) is 0 Å². The lowest BCUT2D eigenvalue weighted by molar-refractivity contribution is 0.188. The van der Waals surface area contributed by atoms with Gasteiger partial charge in [0.2, 0.25) is 0 Å². The number of rotatable bonds is 12. The summed E-state index contributed by atoms with van der Waals surface area (Å²) in [5.41, 5.74) is 10.8. The highest BCUT2D eigenvalue weighted by Crippen LogP contribution is 2.12. The van der Waals surface area contributed by atoms with Crippen molar-refractivity contribution >= 4 is 0 Å². The lowest BCUT2D eigenvalue weighted by Crippen LogP contribution is -2.47. The second-order valence-corrected chi connectivity index (χ2v) is 5.73. The van der Waals surface area contributed by atoms with Crippen LogP contribution in [0, 0.1) is 10.8 Å². The van der Waals surface area contributed by atoms with Gasteiger partial charge in [-0.05, 0) is 18.8 Å². The highest BCUT2D eigenvalue weighted by atomic mass is 16.3. The van der Waals surface area contributed by atoms with Gasteiger partial charge in [0, 0.05) is 18.8 Å². The maximum atomic E-state index is 10.3. The first kappa shape index (κ1) is 20.0. The topological polar surface area (TPSA) is 131 Å². The normalized spacial score (nSPS) is 16.1. The van der Waals surface area contributed by atoms with E-state index in [0.717, 1.165) is 19.4 Å². The van der Waals surface area contributed by atoms with E-state index in [1.165, 1.54) is 0 Å². The van der Waals surface area contributed by atoms with Gasteiger partial charge in [0.25, 0.3) is 0 Å². The Kier molecular flexibility index (Phi) is 10.2. The summed E-state index contributed by atoms with van der Waals surface area (Å²) in [6.07, 6.45) is 6.76. The molecule has 2 unspecified atom stereocenters. The Balaban J connectivity index is 4.20. The van der Waals surface area contributed by atoms with Crippen molar-refractivity contribution in [3.63, 3.8) is 0 Å². The lowest BCUT2D eigenvalue weighted by Gasteiger charge is -2.25. The van der Waals surface area contributed by atoms with Crippen LogP contribution in [0.15, 0.2) is 17.5 Å². The van der Waals surface area contributed by atoms with Gasteiger partial charge < -0.3 is 21.6 Å². The van der Waals surface area contributed by atoms with E-state index in [1.54, 1.807) is 11.2 Å². The molecule has 0 radical (unpaired) electrons. The summed E-state index contributed by atoms with van der Waals surface area (Å²) < 4.78 is 0. The van der Waals surface area contributed by atoms with Gasteiger partial charge in [0.05, 0.1) is 12.1 Å². The van der Waals surface area contributed by atoms with Gasteiger partial charge in [0.1, 0.15) is 6.54 Å². The quantitative estimate of drug-likeness (QED) is 0.238. The van der Waals surface area contributed by atoms with Crippen LogP contribution in [0.25, 0.3) is 0 Å². The van der Waals surface area contributed by atoms with Crippen LogP contribution in [0.3, 0.4) is 0 Å².